The van der Waals surface area contributed by atoms with Gasteiger partial charge < -0.3 is 5.32 Å². The fourth-order valence-corrected chi connectivity index (χ4v) is 3.85. The lowest BCUT2D eigenvalue weighted by molar-refractivity contribution is 0.00346. The molecule has 112 valence electrons. The van der Waals surface area contributed by atoms with Gasteiger partial charge in [-0.3, -0.25) is 4.90 Å². The highest BCUT2D eigenvalue weighted by Crippen LogP contribution is 2.36. The minimum Gasteiger partial charge on any atom is -0.311 e. The molecular weight excluding hydrogens is 250 g/mol. The first-order valence-electron chi connectivity index (χ1n) is 8.09. The zero-order chi connectivity index (χ0) is 14.0. The fourth-order valence-electron chi connectivity index (χ4n) is 3.85. The molecule has 5 nitrogen and oxygen atoms in total. The highest BCUT2D eigenvalue weighted by atomic mass is 15.4. The van der Waals surface area contributed by atoms with E-state index in [0.717, 1.165) is 32.0 Å². The van der Waals surface area contributed by atoms with E-state index in [1.807, 2.05) is 4.68 Å². The number of aryl methyl sites for hydroxylation is 1. The summed E-state index contributed by atoms with van der Waals surface area (Å²) in [5.41, 5.74) is 0.356. The quantitative estimate of drug-likeness (QED) is 0.915. The first kappa shape index (κ1) is 14.0. The van der Waals surface area contributed by atoms with E-state index in [4.69, 9.17) is 0 Å². The molecule has 1 aliphatic heterocycles. The molecule has 0 aromatic carbocycles. The Morgan fingerprint density at radius 3 is 2.90 bits per heavy atom. The van der Waals surface area contributed by atoms with Gasteiger partial charge in [-0.25, -0.2) is 9.67 Å². The van der Waals surface area contributed by atoms with Crippen LogP contribution >= 0.6 is 0 Å². The smallest absolute Gasteiger partial charge is 0.141 e. The summed E-state index contributed by atoms with van der Waals surface area (Å²) in [5.74, 6) is 1.12. The summed E-state index contributed by atoms with van der Waals surface area (Å²) in [7, 11) is 0. The van der Waals surface area contributed by atoms with Crippen LogP contribution in [0.5, 0.6) is 0 Å². The lowest BCUT2D eigenvalue weighted by Crippen LogP contribution is -2.64. The Morgan fingerprint density at radius 2 is 2.15 bits per heavy atom. The second kappa shape index (κ2) is 5.82. The first-order chi connectivity index (χ1) is 9.73. The Kier molecular flexibility index (Phi) is 4.08. The third-order valence-corrected chi connectivity index (χ3v) is 5.06. The van der Waals surface area contributed by atoms with Crippen LogP contribution in [0.1, 0.15) is 51.8 Å². The molecule has 20 heavy (non-hydrogen) atoms. The van der Waals surface area contributed by atoms with Crippen molar-refractivity contribution in [2.24, 2.45) is 0 Å². The van der Waals surface area contributed by atoms with Crippen molar-refractivity contribution in [3.63, 3.8) is 0 Å². The van der Waals surface area contributed by atoms with E-state index in [1.54, 1.807) is 6.33 Å². The van der Waals surface area contributed by atoms with Crippen LogP contribution in [0.3, 0.4) is 0 Å². The number of rotatable bonds is 3. The molecule has 1 atom stereocenters. The van der Waals surface area contributed by atoms with E-state index >= 15 is 0 Å². The maximum Gasteiger partial charge on any atom is 0.141 e. The first-order valence-corrected chi connectivity index (χ1v) is 8.09. The zero-order valence-electron chi connectivity index (χ0n) is 12.8. The maximum absolute atomic E-state index is 4.47. The normalized spacial score (nSPS) is 27.0. The number of aromatic nitrogens is 3. The van der Waals surface area contributed by atoms with Gasteiger partial charge in [0.15, 0.2) is 0 Å². The van der Waals surface area contributed by atoms with E-state index in [1.165, 1.54) is 32.1 Å². The van der Waals surface area contributed by atoms with Gasteiger partial charge in [-0.1, -0.05) is 19.3 Å². The summed E-state index contributed by atoms with van der Waals surface area (Å²) in [6.45, 7) is 8.52. The van der Waals surface area contributed by atoms with Crippen LogP contribution in [0.2, 0.25) is 0 Å². The second-order valence-corrected chi connectivity index (χ2v) is 6.44. The molecule has 2 aliphatic rings. The molecule has 2 heterocycles. The van der Waals surface area contributed by atoms with Gasteiger partial charge >= 0.3 is 0 Å². The fraction of sp³-hybridized carbons (Fsp3) is 0.867. The number of piperazine rings is 1. The molecule has 1 unspecified atom stereocenters. The Balaban J connectivity index is 1.79. The second-order valence-electron chi connectivity index (χ2n) is 6.44. The molecule has 1 N–H and O–H groups in total. The molecule has 2 fully saturated rings. The van der Waals surface area contributed by atoms with E-state index < -0.39 is 0 Å². The standard InChI is InChI=1S/C15H27N5/c1-3-20-14(17-12-18-20)10-19-9-13(2)16-11-15(19)7-5-4-6-8-15/h12-13,16H,3-11H2,1-2H3. The van der Waals surface area contributed by atoms with Crippen molar-refractivity contribution in [2.45, 2.75) is 70.6 Å². The summed E-state index contributed by atoms with van der Waals surface area (Å²) >= 11 is 0. The van der Waals surface area contributed by atoms with Crippen molar-refractivity contribution in [2.75, 3.05) is 13.1 Å². The largest absolute Gasteiger partial charge is 0.311 e. The molecule has 1 aromatic rings. The van der Waals surface area contributed by atoms with Gasteiger partial charge in [0.1, 0.15) is 12.2 Å². The summed E-state index contributed by atoms with van der Waals surface area (Å²) < 4.78 is 2.03. The number of hydrogen-bond acceptors (Lipinski definition) is 4. The molecule has 1 aromatic heterocycles. The van der Waals surface area contributed by atoms with Crippen LogP contribution in [0, 0.1) is 0 Å². The molecule has 0 radical (unpaired) electrons. The van der Waals surface area contributed by atoms with E-state index in [0.29, 0.717) is 11.6 Å². The lowest BCUT2D eigenvalue weighted by atomic mass is 9.78. The van der Waals surface area contributed by atoms with Crippen LogP contribution in [-0.4, -0.2) is 44.3 Å². The monoisotopic (exact) mass is 277 g/mol. The van der Waals surface area contributed by atoms with E-state index in [-0.39, 0.29) is 0 Å². The average Bonchev–Trinajstić information content (AvgIpc) is 2.92. The molecule has 0 amide bonds. The Morgan fingerprint density at radius 1 is 1.35 bits per heavy atom. The predicted octanol–water partition coefficient (Wildman–Crippen LogP) is 1.79. The van der Waals surface area contributed by atoms with Crippen molar-refractivity contribution < 1.29 is 0 Å². The number of hydrogen-bond donors (Lipinski definition) is 1. The Bertz CT molecular complexity index is 435. The summed E-state index contributed by atoms with van der Waals surface area (Å²) in [6, 6.07) is 0.570. The van der Waals surface area contributed by atoms with Gasteiger partial charge in [0, 0.05) is 31.2 Å². The zero-order valence-corrected chi connectivity index (χ0v) is 12.8. The molecule has 3 rings (SSSR count). The van der Waals surface area contributed by atoms with E-state index in [9.17, 15) is 0 Å². The Labute approximate surface area is 121 Å². The van der Waals surface area contributed by atoms with Crippen molar-refractivity contribution in [1.82, 2.24) is 25.0 Å². The van der Waals surface area contributed by atoms with Crippen molar-refractivity contribution >= 4 is 0 Å². The van der Waals surface area contributed by atoms with Gasteiger partial charge in [-0.2, -0.15) is 5.10 Å². The number of nitrogens with zero attached hydrogens (tertiary/aromatic N) is 4. The minimum absolute atomic E-state index is 0.356. The summed E-state index contributed by atoms with van der Waals surface area (Å²) in [4.78, 5) is 7.16. The van der Waals surface area contributed by atoms with Crippen LogP contribution in [0.15, 0.2) is 6.33 Å². The van der Waals surface area contributed by atoms with Crippen molar-refractivity contribution in [1.29, 1.82) is 0 Å². The molecular formula is C15H27N5. The summed E-state index contributed by atoms with van der Waals surface area (Å²) in [6.07, 6.45) is 8.48. The molecule has 5 heteroatoms. The molecule has 1 spiro atoms. The Hall–Kier alpha value is -0.940. The highest BCUT2D eigenvalue weighted by Gasteiger charge is 2.41. The van der Waals surface area contributed by atoms with Crippen LogP contribution in [0.25, 0.3) is 0 Å². The topological polar surface area (TPSA) is 46.0 Å². The van der Waals surface area contributed by atoms with Crippen molar-refractivity contribution in [3.8, 4) is 0 Å². The third kappa shape index (κ3) is 2.61. The van der Waals surface area contributed by atoms with E-state index in [2.05, 4.69) is 34.1 Å². The van der Waals surface area contributed by atoms with Gasteiger partial charge in [-0.15, -0.1) is 0 Å². The summed E-state index contributed by atoms with van der Waals surface area (Å²) in [5, 5.41) is 8.01. The van der Waals surface area contributed by atoms with Crippen molar-refractivity contribution in [3.05, 3.63) is 12.2 Å². The third-order valence-electron chi connectivity index (χ3n) is 5.06. The SMILES string of the molecule is CCn1ncnc1CN1CC(C)NCC12CCCCC2. The van der Waals surface area contributed by atoms with Crippen LogP contribution < -0.4 is 5.32 Å². The molecule has 0 bridgehead atoms. The van der Waals surface area contributed by atoms with Gasteiger partial charge in [0.25, 0.3) is 0 Å². The van der Waals surface area contributed by atoms with Gasteiger partial charge in [0.05, 0.1) is 6.54 Å². The van der Waals surface area contributed by atoms with Crippen LogP contribution in [-0.2, 0) is 13.1 Å². The highest BCUT2D eigenvalue weighted by molar-refractivity contribution is 5.01. The molecule has 1 aliphatic carbocycles. The number of nitrogens with one attached hydrogen (secondary N) is 1. The predicted molar refractivity (Wildman–Crippen MR) is 79.4 cm³/mol. The van der Waals surface area contributed by atoms with Gasteiger partial charge in [-0.05, 0) is 26.7 Å². The van der Waals surface area contributed by atoms with Gasteiger partial charge in [0.2, 0.25) is 0 Å². The van der Waals surface area contributed by atoms with Crippen LogP contribution in [0.4, 0.5) is 0 Å². The molecule has 1 saturated heterocycles. The lowest BCUT2D eigenvalue weighted by Gasteiger charge is -2.51. The maximum atomic E-state index is 4.47. The molecule has 1 saturated carbocycles. The average molecular weight is 277 g/mol. The minimum atomic E-state index is 0.356.